The lowest BCUT2D eigenvalue weighted by Crippen LogP contribution is -2.14. The molecule has 0 amide bonds. The van der Waals surface area contributed by atoms with Crippen LogP contribution in [0.5, 0.6) is 0 Å². The second-order valence-electron chi connectivity index (χ2n) is 3.07. The maximum atomic E-state index is 11.1. The molecule has 0 radical (unpaired) electrons. The molecule has 0 aliphatic heterocycles. The summed E-state index contributed by atoms with van der Waals surface area (Å²) in [4.78, 5) is 17.7. The average molecular weight is 198 g/mol. The van der Waals surface area contributed by atoms with Gasteiger partial charge in [-0.05, 0) is 17.7 Å². The summed E-state index contributed by atoms with van der Waals surface area (Å²) in [5.74, 6) is 1.28. The molecule has 0 bridgehead atoms. The molecule has 0 atom stereocenters. The zero-order chi connectivity index (χ0) is 9.84. The predicted molar refractivity (Wildman–Crippen MR) is 55.3 cm³/mol. The highest BCUT2D eigenvalue weighted by molar-refractivity contribution is 7.99. The third-order valence-corrected chi connectivity index (χ3v) is 2.45. The molecule has 4 heteroatoms. The fraction of sp³-hybridized carbons (Fsp3) is 0.556. The third-order valence-electron chi connectivity index (χ3n) is 1.66. The van der Waals surface area contributed by atoms with Crippen molar-refractivity contribution in [3.05, 3.63) is 22.2 Å². The summed E-state index contributed by atoms with van der Waals surface area (Å²) in [6.45, 7) is 6.14. The lowest BCUT2D eigenvalue weighted by atomic mass is 10.1. The largest absolute Gasteiger partial charge is 0.346 e. The summed E-state index contributed by atoms with van der Waals surface area (Å²) < 4.78 is 0. The van der Waals surface area contributed by atoms with Crippen molar-refractivity contribution in [3.63, 3.8) is 0 Å². The van der Waals surface area contributed by atoms with Crippen LogP contribution in [0, 0.1) is 0 Å². The van der Waals surface area contributed by atoms with Crippen LogP contribution in [0.25, 0.3) is 0 Å². The maximum Gasteiger partial charge on any atom is 0.346 e. The normalized spacial score (nSPS) is 10.8. The summed E-state index contributed by atoms with van der Waals surface area (Å²) in [7, 11) is 0. The minimum Gasteiger partial charge on any atom is -0.309 e. The van der Waals surface area contributed by atoms with Crippen LogP contribution in [0.15, 0.2) is 15.9 Å². The molecule has 0 unspecified atom stereocenters. The minimum atomic E-state index is -0.248. The first-order valence-corrected chi connectivity index (χ1v) is 5.36. The number of aromatic amines is 1. The maximum absolute atomic E-state index is 11.1. The standard InChI is InChI=1S/C9H14N2OS/c1-4-13-8-5-7(6(2)3)10-9(12)11-8/h5-6H,4H2,1-3H3,(H,10,11,12). The van der Waals surface area contributed by atoms with Gasteiger partial charge >= 0.3 is 5.69 Å². The smallest absolute Gasteiger partial charge is 0.309 e. The molecule has 0 spiro atoms. The zero-order valence-corrected chi connectivity index (χ0v) is 8.94. The van der Waals surface area contributed by atoms with Crippen molar-refractivity contribution in [2.75, 3.05) is 5.75 Å². The SMILES string of the molecule is CCSc1cc(C(C)C)[nH]c(=O)n1. The summed E-state index contributed by atoms with van der Waals surface area (Å²) in [5.41, 5.74) is 0.707. The summed E-state index contributed by atoms with van der Waals surface area (Å²) >= 11 is 1.59. The van der Waals surface area contributed by atoms with Gasteiger partial charge in [-0.15, -0.1) is 11.8 Å². The summed E-state index contributed by atoms with van der Waals surface area (Å²) in [6, 6.07) is 1.94. The molecule has 1 aromatic heterocycles. The summed E-state index contributed by atoms with van der Waals surface area (Å²) in [5, 5.41) is 0.815. The Morgan fingerprint density at radius 3 is 2.85 bits per heavy atom. The van der Waals surface area contributed by atoms with Gasteiger partial charge in [-0.1, -0.05) is 20.8 Å². The Bertz CT molecular complexity index is 333. The Balaban J connectivity index is 3.04. The highest BCUT2D eigenvalue weighted by atomic mass is 32.2. The molecule has 1 N–H and O–H groups in total. The highest BCUT2D eigenvalue weighted by Gasteiger charge is 2.03. The second-order valence-corrected chi connectivity index (χ2v) is 4.35. The Morgan fingerprint density at radius 1 is 1.62 bits per heavy atom. The van der Waals surface area contributed by atoms with Gasteiger partial charge in [-0.25, -0.2) is 4.79 Å². The van der Waals surface area contributed by atoms with Crippen molar-refractivity contribution in [2.45, 2.75) is 31.7 Å². The molecule has 0 saturated heterocycles. The fourth-order valence-electron chi connectivity index (χ4n) is 0.986. The summed E-state index contributed by atoms with van der Waals surface area (Å²) in [6.07, 6.45) is 0. The molecule has 0 aliphatic rings. The van der Waals surface area contributed by atoms with E-state index < -0.39 is 0 Å². The molecule has 1 heterocycles. The number of hydrogen-bond donors (Lipinski definition) is 1. The van der Waals surface area contributed by atoms with E-state index in [1.54, 1.807) is 11.8 Å². The number of H-pyrrole nitrogens is 1. The van der Waals surface area contributed by atoms with E-state index >= 15 is 0 Å². The van der Waals surface area contributed by atoms with Crippen LogP contribution >= 0.6 is 11.8 Å². The van der Waals surface area contributed by atoms with Crippen LogP contribution in [-0.4, -0.2) is 15.7 Å². The van der Waals surface area contributed by atoms with E-state index in [9.17, 15) is 4.79 Å². The van der Waals surface area contributed by atoms with Gasteiger partial charge in [0.15, 0.2) is 0 Å². The second kappa shape index (κ2) is 4.46. The molecule has 0 fully saturated rings. The van der Waals surface area contributed by atoms with Crippen molar-refractivity contribution in [3.8, 4) is 0 Å². The number of aromatic nitrogens is 2. The predicted octanol–water partition coefficient (Wildman–Crippen LogP) is 2.01. The molecule has 3 nitrogen and oxygen atoms in total. The monoisotopic (exact) mass is 198 g/mol. The van der Waals surface area contributed by atoms with Crippen molar-refractivity contribution >= 4 is 11.8 Å². The van der Waals surface area contributed by atoms with E-state index in [1.807, 2.05) is 26.8 Å². The van der Waals surface area contributed by atoms with Gasteiger partial charge in [0, 0.05) is 5.69 Å². The molecular weight excluding hydrogens is 184 g/mol. The van der Waals surface area contributed by atoms with Crippen molar-refractivity contribution in [1.29, 1.82) is 0 Å². The van der Waals surface area contributed by atoms with Crippen LogP contribution in [-0.2, 0) is 0 Å². The van der Waals surface area contributed by atoms with Crippen LogP contribution in [0.3, 0.4) is 0 Å². The van der Waals surface area contributed by atoms with Gasteiger partial charge in [0.1, 0.15) is 5.03 Å². The topological polar surface area (TPSA) is 45.8 Å². The third kappa shape index (κ3) is 2.88. The van der Waals surface area contributed by atoms with E-state index in [4.69, 9.17) is 0 Å². The number of hydrogen-bond acceptors (Lipinski definition) is 3. The van der Waals surface area contributed by atoms with E-state index in [-0.39, 0.29) is 5.69 Å². The lowest BCUT2D eigenvalue weighted by Gasteiger charge is -2.05. The molecule has 72 valence electrons. The van der Waals surface area contributed by atoms with Crippen molar-refractivity contribution < 1.29 is 0 Å². The highest BCUT2D eigenvalue weighted by Crippen LogP contribution is 2.17. The van der Waals surface area contributed by atoms with Crippen LogP contribution in [0.2, 0.25) is 0 Å². The van der Waals surface area contributed by atoms with Gasteiger partial charge in [0.25, 0.3) is 0 Å². The molecular formula is C9H14N2OS. The molecule has 13 heavy (non-hydrogen) atoms. The van der Waals surface area contributed by atoms with Crippen LogP contribution < -0.4 is 5.69 Å². The zero-order valence-electron chi connectivity index (χ0n) is 8.13. The molecule has 1 rings (SSSR count). The van der Waals surface area contributed by atoms with Crippen LogP contribution in [0.4, 0.5) is 0 Å². The van der Waals surface area contributed by atoms with Crippen molar-refractivity contribution in [1.82, 2.24) is 9.97 Å². The molecule has 1 aromatic rings. The average Bonchev–Trinajstić information content (AvgIpc) is 2.03. The molecule has 0 aliphatic carbocycles. The lowest BCUT2D eigenvalue weighted by molar-refractivity contribution is 0.784. The first-order valence-electron chi connectivity index (χ1n) is 4.37. The molecule has 0 saturated carbocycles. The quantitative estimate of drug-likeness (QED) is 0.597. The molecule has 0 aromatic carbocycles. The number of nitrogens with zero attached hydrogens (tertiary/aromatic N) is 1. The van der Waals surface area contributed by atoms with Crippen molar-refractivity contribution in [2.24, 2.45) is 0 Å². The van der Waals surface area contributed by atoms with Crippen LogP contribution in [0.1, 0.15) is 32.4 Å². The van der Waals surface area contributed by atoms with E-state index in [1.165, 1.54) is 0 Å². The number of rotatable bonds is 3. The number of nitrogens with one attached hydrogen (secondary N) is 1. The van der Waals surface area contributed by atoms with E-state index in [0.717, 1.165) is 16.5 Å². The van der Waals surface area contributed by atoms with E-state index in [2.05, 4.69) is 9.97 Å². The van der Waals surface area contributed by atoms with Gasteiger partial charge in [-0.3, -0.25) is 0 Å². The first-order chi connectivity index (χ1) is 6.13. The Kier molecular flexibility index (Phi) is 3.54. The van der Waals surface area contributed by atoms with Gasteiger partial charge in [0.2, 0.25) is 0 Å². The first kappa shape index (κ1) is 10.3. The van der Waals surface area contributed by atoms with Gasteiger partial charge in [-0.2, -0.15) is 4.98 Å². The Morgan fingerprint density at radius 2 is 2.31 bits per heavy atom. The number of thioether (sulfide) groups is 1. The fourth-order valence-corrected chi connectivity index (χ4v) is 1.64. The minimum absolute atomic E-state index is 0.248. The van der Waals surface area contributed by atoms with Gasteiger partial charge in [0.05, 0.1) is 0 Å². The Labute approximate surface area is 82.0 Å². The van der Waals surface area contributed by atoms with Gasteiger partial charge < -0.3 is 4.98 Å². The Hall–Kier alpha value is -0.770. The van der Waals surface area contributed by atoms with E-state index in [0.29, 0.717) is 5.92 Å².